The van der Waals surface area contributed by atoms with E-state index in [1.807, 2.05) is 6.08 Å². The standard InChI is InChI=1S/C13H16O2/c1-9-5-4-6-10-7-11(14)12(15-3)8-13(9,10)2/h4,6-9H,5H2,1-3H3/t9-,13+/m0/s1. The van der Waals surface area contributed by atoms with Crippen LogP contribution in [0.5, 0.6) is 0 Å². The summed E-state index contributed by atoms with van der Waals surface area (Å²) in [5.41, 5.74) is 1.06. The van der Waals surface area contributed by atoms with Crippen LogP contribution in [0.25, 0.3) is 0 Å². The van der Waals surface area contributed by atoms with Crippen LogP contribution >= 0.6 is 0 Å². The molecule has 0 N–H and O–H groups in total. The molecule has 0 radical (unpaired) electrons. The van der Waals surface area contributed by atoms with Gasteiger partial charge in [0.05, 0.1) is 7.11 Å². The van der Waals surface area contributed by atoms with Crippen molar-refractivity contribution in [2.24, 2.45) is 11.3 Å². The zero-order chi connectivity index (χ0) is 11.1. The monoisotopic (exact) mass is 204 g/mol. The van der Waals surface area contributed by atoms with Crippen molar-refractivity contribution >= 4 is 5.78 Å². The van der Waals surface area contributed by atoms with Crippen molar-refractivity contribution in [2.45, 2.75) is 20.3 Å². The van der Waals surface area contributed by atoms with Crippen LogP contribution in [0, 0.1) is 11.3 Å². The molecule has 2 atom stereocenters. The second kappa shape index (κ2) is 3.37. The van der Waals surface area contributed by atoms with E-state index in [1.54, 1.807) is 13.2 Å². The fraction of sp³-hybridized carbons (Fsp3) is 0.462. The molecule has 0 unspecified atom stereocenters. The van der Waals surface area contributed by atoms with Gasteiger partial charge in [-0.1, -0.05) is 26.0 Å². The summed E-state index contributed by atoms with van der Waals surface area (Å²) in [6.45, 7) is 4.37. The molecule has 0 heterocycles. The molecule has 0 bridgehead atoms. The number of fused-ring (bicyclic) bond motifs is 1. The molecule has 2 rings (SSSR count). The summed E-state index contributed by atoms with van der Waals surface area (Å²) >= 11 is 0. The Bertz CT molecular complexity index is 387. The molecule has 0 aromatic carbocycles. The van der Waals surface area contributed by atoms with Gasteiger partial charge in [-0.05, 0) is 30.1 Å². The van der Waals surface area contributed by atoms with E-state index in [-0.39, 0.29) is 11.2 Å². The van der Waals surface area contributed by atoms with Gasteiger partial charge >= 0.3 is 0 Å². The molecule has 80 valence electrons. The number of rotatable bonds is 1. The van der Waals surface area contributed by atoms with E-state index in [4.69, 9.17) is 4.74 Å². The highest BCUT2D eigenvalue weighted by atomic mass is 16.5. The van der Waals surface area contributed by atoms with Crippen LogP contribution < -0.4 is 0 Å². The maximum atomic E-state index is 11.6. The Morgan fingerprint density at radius 2 is 2.27 bits per heavy atom. The summed E-state index contributed by atoms with van der Waals surface area (Å²) in [5, 5.41) is 0. The molecule has 15 heavy (non-hydrogen) atoms. The van der Waals surface area contributed by atoms with Crippen LogP contribution in [0.15, 0.2) is 35.6 Å². The maximum absolute atomic E-state index is 11.6. The molecule has 0 aromatic rings. The summed E-state index contributed by atoms with van der Waals surface area (Å²) in [5.74, 6) is 0.958. The van der Waals surface area contributed by atoms with E-state index in [0.29, 0.717) is 11.7 Å². The van der Waals surface area contributed by atoms with Crippen LogP contribution in [0.1, 0.15) is 20.3 Å². The molecular formula is C13H16O2. The minimum Gasteiger partial charge on any atom is -0.493 e. The van der Waals surface area contributed by atoms with Crippen LogP contribution in [0.2, 0.25) is 0 Å². The highest BCUT2D eigenvalue weighted by molar-refractivity contribution is 6.04. The van der Waals surface area contributed by atoms with Crippen LogP contribution in [0.3, 0.4) is 0 Å². The molecule has 0 spiro atoms. The van der Waals surface area contributed by atoms with Gasteiger partial charge in [0.25, 0.3) is 0 Å². The average molecular weight is 204 g/mol. The van der Waals surface area contributed by atoms with Crippen molar-refractivity contribution in [1.82, 2.24) is 0 Å². The zero-order valence-electron chi connectivity index (χ0n) is 9.41. The van der Waals surface area contributed by atoms with Crippen molar-refractivity contribution < 1.29 is 9.53 Å². The second-order valence-electron chi connectivity index (χ2n) is 4.50. The fourth-order valence-corrected chi connectivity index (χ4v) is 2.25. The Morgan fingerprint density at radius 3 is 2.93 bits per heavy atom. The minimum atomic E-state index is -0.0476. The molecule has 0 saturated heterocycles. The van der Waals surface area contributed by atoms with Gasteiger partial charge in [-0.2, -0.15) is 0 Å². The highest BCUT2D eigenvalue weighted by Crippen LogP contribution is 2.45. The van der Waals surface area contributed by atoms with Crippen molar-refractivity contribution in [1.29, 1.82) is 0 Å². The van der Waals surface area contributed by atoms with Crippen LogP contribution in [-0.4, -0.2) is 12.9 Å². The molecule has 2 nitrogen and oxygen atoms in total. The first-order chi connectivity index (χ1) is 7.08. The van der Waals surface area contributed by atoms with Crippen molar-refractivity contribution in [2.75, 3.05) is 7.11 Å². The van der Waals surface area contributed by atoms with Gasteiger partial charge < -0.3 is 4.74 Å². The molecule has 2 heteroatoms. The summed E-state index contributed by atoms with van der Waals surface area (Å²) in [4.78, 5) is 11.6. The Balaban J connectivity index is 2.49. The van der Waals surface area contributed by atoms with Gasteiger partial charge in [-0.25, -0.2) is 0 Å². The molecule has 0 saturated carbocycles. The third-order valence-corrected chi connectivity index (χ3v) is 3.61. The number of hydrogen-bond acceptors (Lipinski definition) is 2. The van der Waals surface area contributed by atoms with Crippen molar-refractivity contribution in [3.8, 4) is 0 Å². The second-order valence-corrected chi connectivity index (χ2v) is 4.50. The zero-order valence-corrected chi connectivity index (χ0v) is 9.41. The number of carbonyl (C=O) groups is 1. The van der Waals surface area contributed by atoms with Gasteiger partial charge in [0.2, 0.25) is 5.78 Å². The average Bonchev–Trinajstić information content (AvgIpc) is 2.21. The lowest BCUT2D eigenvalue weighted by molar-refractivity contribution is -0.114. The van der Waals surface area contributed by atoms with Gasteiger partial charge in [0, 0.05) is 5.41 Å². The van der Waals surface area contributed by atoms with E-state index >= 15 is 0 Å². The molecule has 0 aliphatic heterocycles. The van der Waals surface area contributed by atoms with Crippen molar-refractivity contribution in [3.63, 3.8) is 0 Å². The fourth-order valence-electron chi connectivity index (χ4n) is 2.25. The SMILES string of the molecule is COC1=C[C@@]2(C)C(=CC1=O)C=CC[C@@H]2C. The topological polar surface area (TPSA) is 26.3 Å². The van der Waals surface area contributed by atoms with E-state index in [2.05, 4.69) is 26.0 Å². The number of hydrogen-bond donors (Lipinski definition) is 0. The molecule has 0 fully saturated rings. The summed E-state index contributed by atoms with van der Waals surface area (Å²) in [6, 6.07) is 0. The summed E-state index contributed by atoms with van der Waals surface area (Å²) in [6.07, 6.45) is 8.91. The Labute approximate surface area is 90.3 Å². The van der Waals surface area contributed by atoms with E-state index in [1.165, 1.54) is 0 Å². The number of carbonyl (C=O) groups excluding carboxylic acids is 1. The van der Waals surface area contributed by atoms with Gasteiger partial charge in [-0.3, -0.25) is 4.79 Å². The number of methoxy groups -OCH3 is 1. The Morgan fingerprint density at radius 1 is 1.53 bits per heavy atom. The lowest BCUT2D eigenvalue weighted by Crippen LogP contribution is -2.31. The van der Waals surface area contributed by atoms with Gasteiger partial charge in [0.1, 0.15) is 0 Å². The van der Waals surface area contributed by atoms with Gasteiger partial charge in [-0.15, -0.1) is 0 Å². The number of allylic oxidation sites excluding steroid dienone is 5. The molecule has 2 aliphatic rings. The lowest BCUT2D eigenvalue weighted by Gasteiger charge is -2.38. The van der Waals surface area contributed by atoms with E-state index in [0.717, 1.165) is 12.0 Å². The Hall–Kier alpha value is -1.31. The van der Waals surface area contributed by atoms with E-state index < -0.39 is 0 Å². The molecule has 2 aliphatic carbocycles. The quantitative estimate of drug-likeness (QED) is 0.656. The van der Waals surface area contributed by atoms with Crippen LogP contribution in [0.4, 0.5) is 0 Å². The van der Waals surface area contributed by atoms with E-state index in [9.17, 15) is 4.79 Å². The highest BCUT2D eigenvalue weighted by Gasteiger charge is 2.38. The minimum absolute atomic E-state index is 0.0243. The lowest BCUT2D eigenvalue weighted by atomic mass is 9.65. The summed E-state index contributed by atoms with van der Waals surface area (Å²) < 4.78 is 5.11. The molecule has 0 aromatic heterocycles. The first-order valence-electron chi connectivity index (χ1n) is 5.28. The first-order valence-corrected chi connectivity index (χ1v) is 5.28. The third-order valence-electron chi connectivity index (χ3n) is 3.61. The smallest absolute Gasteiger partial charge is 0.220 e. The third kappa shape index (κ3) is 1.44. The summed E-state index contributed by atoms with van der Waals surface area (Å²) in [7, 11) is 1.55. The predicted molar refractivity (Wildman–Crippen MR) is 59.2 cm³/mol. The molecule has 0 amide bonds. The van der Waals surface area contributed by atoms with Crippen molar-refractivity contribution in [3.05, 3.63) is 35.6 Å². The Kier molecular flexibility index (Phi) is 2.29. The normalized spacial score (nSPS) is 34.3. The number of ketones is 1. The molecular weight excluding hydrogens is 188 g/mol. The van der Waals surface area contributed by atoms with Crippen LogP contribution in [-0.2, 0) is 9.53 Å². The largest absolute Gasteiger partial charge is 0.493 e. The number of ether oxygens (including phenoxy) is 1. The first kappa shape index (κ1) is 10.2. The predicted octanol–water partition coefficient (Wildman–Crippen LogP) is 2.63. The maximum Gasteiger partial charge on any atom is 0.220 e. The van der Waals surface area contributed by atoms with Gasteiger partial charge in [0.15, 0.2) is 5.76 Å².